The lowest BCUT2D eigenvalue weighted by Gasteiger charge is -2.26. The van der Waals surface area contributed by atoms with Crippen molar-refractivity contribution in [3.63, 3.8) is 0 Å². The predicted octanol–water partition coefficient (Wildman–Crippen LogP) is 1.35. The molecule has 1 saturated heterocycles. The maximum Gasteiger partial charge on any atom is 0.0608 e. The van der Waals surface area contributed by atoms with Gasteiger partial charge in [-0.05, 0) is 52.1 Å². The lowest BCUT2D eigenvalue weighted by molar-refractivity contribution is 0.184. The quantitative estimate of drug-likeness (QED) is 0.702. The lowest BCUT2D eigenvalue weighted by atomic mass is 9.98. The molecule has 0 aromatic heterocycles. The summed E-state index contributed by atoms with van der Waals surface area (Å²) in [5, 5.41) is 9.05. The molecule has 3 N–H and O–H groups in total. The fourth-order valence-electron chi connectivity index (χ4n) is 2.42. The second kappa shape index (κ2) is 5.83. The molecule has 0 aromatic rings. The van der Waals surface area contributed by atoms with Gasteiger partial charge >= 0.3 is 0 Å². The van der Waals surface area contributed by atoms with Crippen LogP contribution in [0.4, 0.5) is 0 Å². The average molecular weight is 214 g/mol. The maximum absolute atomic E-state index is 9.05. The number of rotatable bonds is 6. The highest BCUT2D eigenvalue weighted by Crippen LogP contribution is 2.20. The van der Waals surface area contributed by atoms with Crippen molar-refractivity contribution in [3.8, 4) is 0 Å². The van der Waals surface area contributed by atoms with E-state index >= 15 is 0 Å². The molecule has 3 heteroatoms. The van der Waals surface area contributed by atoms with E-state index in [1.807, 2.05) is 6.92 Å². The molecule has 1 aliphatic rings. The number of hydrogen-bond donors (Lipinski definition) is 2. The van der Waals surface area contributed by atoms with Gasteiger partial charge in [0, 0.05) is 11.6 Å². The molecule has 1 rings (SSSR count). The standard InChI is InChI=1S/C12H26N2O/c1-3-11-6-4-8-14(11)9-5-7-12(2,13)10-15/h11,15H,3-10,13H2,1-2H3. The number of nitrogens with zero attached hydrogens (tertiary/aromatic N) is 1. The Morgan fingerprint density at radius 3 is 2.87 bits per heavy atom. The van der Waals surface area contributed by atoms with Crippen molar-refractivity contribution in [2.24, 2.45) is 5.73 Å². The highest BCUT2D eigenvalue weighted by molar-refractivity contribution is 4.81. The molecule has 2 atom stereocenters. The van der Waals surface area contributed by atoms with Crippen molar-refractivity contribution in [1.82, 2.24) is 4.90 Å². The topological polar surface area (TPSA) is 49.5 Å². The van der Waals surface area contributed by atoms with Gasteiger partial charge in [-0.15, -0.1) is 0 Å². The third-order valence-corrected chi connectivity index (χ3v) is 3.52. The Labute approximate surface area is 93.6 Å². The van der Waals surface area contributed by atoms with Crippen LogP contribution in [-0.2, 0) is 0 Å². The molecule has 0 aliphatic carbocycles. The van der Waals surface area contributed by atoms with E-state index in [-0.39, 0.29) is 12.1 Å². The zero-order valence-corrected chi connectivity index (χ0v) is 10.2. The SMILES string of the molecule is CCC1CCCN1CCCC(C)(N)CO. The van der Waals surface area contributed by atoms with Gasteiger partial charge in [-0.2, -0.15) is 0 Å². The number of hydrogen-bond acceptors (Lipinski definition) is 3. The highest BCUT2D eigenvalue weighted by atomic mass is 16.3. The first-order valence-electron chi connectivity index (χ1n) is 6.23. The van der Waals surface area contributed by atoms with Crippen LogP contribution in [-0.4, -0.2) is 41.3 Å². The van der Waals surface area contributed by atoms with Crippen molar-refractivity contribution in [2.75, 3.05) is 19.7 Å². The van der Waals surface area contributed by atoms with Crippen LogP contribution < -0.4 is 5.73 Å². The first-order valence-corrected chi connectivity index (χ1v) is 6.23. The number of aliphatic hydroxyl groups is 1. The van der Waals surface area contributed by atoms with E-state index in [1.165, 1.54) is 25.8 Å². The molecule has 1 fully saturated rings. The lowest BCUT2D eigenvalue weighted by Crippen LogP contribution is -2.41. The smallest absolute Gasteiger partial charge is 0.0608 e. The van der Waals surface area contributed by atoms with E-state index in [4.69, 9.17) is 10.8 Å². The minimum absolute atomic E-state index is 0.0875. The van der Waals surface area contributed by atoms with Gasteiger partial charge in [-0.25, -0.2) is 0 Å². The molecule has 0 spiro atoms. The van der Waals surface area contributed by atoms with Crippen LogP contribution in [0.25, 0.3) is 0 Å². The number of likely N-dealkylation sites (tertiary alicyclic amines) is 1. The second-order valence-corrected chi connectivity index (χ2v) is 5.16. The Morgan fingerprint density at radius 1 is 1.53 bits per heavy atom. The first kappa shape index (κ1) is 12.9. The van der Waals surface area contributed by atoms with Gasteiger partial charge in [0.25, 0.3) is 0 Å². The van der Waals surface area contributed by atoms with Gasteiger partial charge in [0.1, 0.15) is 0 Å². The van der Waals surface area contributed by atoms with Crippen LogP contribution in [0.1, 0.15) is 46.0 Å². The van der Waals surface area contributed by atoms with Gasteiger partial charge in [0.15, 0.2) is 0 Å². The van der Waals surface area contributed by atoms with E-state index < -0.39 is 0 Å². The molecule has 1 aliphatic heterocycles. The summed E-state index contributed by atoms with van der Waals surface area (Å²) >= 11 is 0. The normalized spacial score (nSPS) is 26.8. The van der Waals surface area contributed by atoms with Crippen LogP contribution in [0, 0.1) is 0 Å². The summed E-state index contributed by atoms with van der Waals surface area (Å²) in [6, 6.07) is 0.795. The van der Waals surface area contributed by atoms with Crippen LogP contribution >= 0.6 is 0 Å². The van der Waals surface area contributed by atoms with Crippen LogP contribution in [0.3, 0.4) is 0 Å². The summed E-state index contributed by atoms with van der Waals surface area (Å²) < 4.78 is 0. The van der Waals surface area contributed by atoms with Crippen LogP contribution in [0.15, 0.2) is 0 Å². The largest absolute Gasteiger partial charge is 0.394 e. The summed E-state index contributed by atoms with van der Waals surface area (Å²) in [6.45, 7) is 6.67. The molecule has 1 heterocycles. The summed E-state index contributed by atoms with van der Waals surface area (Å²) in [4.78, 5) is 2.58. The van der Waals surface area contributed by atoms with Gasteiger partial charge in [0.2, 0.25) is 0 Å². The minimum atomic E-state index is -0.387. The fourth-order valence-corrected chi connectivity index (χ4v) is 2.42. The Balaban J connectivity index is 2.19. The zero-order chi connectivity index (χ0) is 11.3. The molecule has 0 bridgehead atoms. The molecule has 3 nitrogen and oxygen atoms in total. The Bertz CT molecular complexity index is 182. The molecule has 0 aromatic carbocycles. The van der Waals surface area contributed by atoms with Crippen LogP contribution in [0.2, 0.25) is 0 Å². The van der Waals surface area contributed by atoms with E-state index in [2.05, 4.69) is 11.8 Å². The minimum Gasteiger partial charge on any atom is -0.394 e. The average Bonchev–Trinajstić information content (AvgIpc) is 2.65. The molecule has 0 saturated carbocycles. The summed E-state index contributed by atoms with van der Waals surface area (Å²) in [6.07, 6.45) is 5.98. The second-order valence-electron chi connectivity index (χ2n) is 5.16. The predicted molar refractivity (Wildman–Crippen MR) is 63.8 cm³/mol. The summed E-state index contributed by atoms with van der Waals surface area (Å²) in [7, 11) is 0. The molecular weight excluding hydrogens is 188 g/mol. The molecule has 2 unspecified atom stereocenters. The van der Waals surface area contributed by atoms with E-state index in [0.29, 0.717) is 0 Å². The Hall–Kier alpha value is -0.120. The van der Waals surface area contributed by atoms with Crippen molar-refractivity contribution in [2.45, 2.75) is 57.5 Å². The Kier molecular flexibility index (Phi) is 5.03. The first-order chi connectivity index (χ1) is 7.09. The molecule has 0 amide bonds. The molecule has 15 heavy (non-hydrogen) atoms. The van der Waals surface area contributed by atoms with E-state index in [0.717, 1.165) is 25.4 Å². The van der Waals surface area contributed by atoms with Crippen molar-refractivity contribution >= 4 is 0 Å². The van der Waals surface area contributed by atoms with Gasteiger partial charge < -0.3 is 15.7 Å². The highest BCUT2D eigenvalue weighted by Gasteiger charge is 2.23. The number of nitrogens with two attached hydrogens (primary N) is 1. The van der Waals surface area contributed by atoms with Gasteiger partial charge in [-0.3, -0.25) is 0 Å². The summed E-state index contributed by atoms with van der Waals surface area (Å²) in [5.74, 6) is 0. The molecular formula is C12H26N2O. The molecule has 0 radical (unpaired) electrons. The third-order valence-electron chi connectivity index (χ3n) is 3.52. The van der Waals surface area contributed by atoms with Crippen molar-refractivity contribution < 1.29 is 5.11 Å². The fraction of sp³-hybridized carbons (Fsp3) is 1.00. The van der Waals surface area contributed by atoms with Gasteiger partial charge in [-0.1, -0.05) is 6.92 Å². The van der Waals surface area contributed by atoms with Crippen molar-refractivity contribution in [3.05, 3.63) is 0 Å². The maximum atomic E-state index is 9.05. The third kappa shape index (κ3) is 4.09. The van der Waals surface area contributed by atoms with E-state index in [9.17, 15) is 0 Å². The monoisotopic (exact) mass is 214 g/mol. The molecule has 90 valence electrons. The van der Waals surface area contributed by atoms with Crippen molar-refractivity contribution in [1.29, 1.82) is 0 Å². The van der Waals surface area contributed by atoms with E-state index in [1.54, 1.807) is 0 Å². The zero-order valence-electron chi connectivity index (χ0n) is 10.2. The van der Waals surface area contributed by atoms with Gasteiger partial charge in [0.05, 0.1) is 6.61 Å². The Morgan fingerprint density at radius 2 is 2.27 bits per heavy atom. The number of aliphatic hydroxyl groups excluding tert-OH is 1. The summed E-state index contributed by atoms with van der Waals surface area (Å²) in [5.41, 5.74) is 5.51. The van der Waals surface area contributed by atoms with Crippen LogP contribution in [0.5, 0.6) is 0 Å².